The van der Waals surface area contributed by atoms with Crippen molar-refractivity contribution in [1.82, 2.24) is 19.9 Å². The smallest absolute Gasteiger partial charge is 0.204 e. The lowest BCUT2D eigenvalue weighted by atomic mass is 9.89. The van der Waals surface area contributed by atoms with Gasteiger partial charge >= 0.3 is 0 Å². The van der Waals surface area contributed by atoms with Crippen LogP contribution in [-0.4, -0.2) is 39.1 Å². The number of aromatic nitrogens is 4. The molecule has 3 aromatic heterocycles. The molecular formula is C21H20N6OS. The Kier molecular flexibility index (Phi) is 3.73. The van der Waals surface area contributed by atoms with E-state index in [4.69, 9.17) is 9.72 Å². The Morgan fingerprint density at radius 1 is 1.21 bits per heavy atom. The molecule has 0 radical (unpaired) electrons. The predicted molar refractivity (Wildman–Crippen MR) is 115 cm³/mol. The van der Waals surface area contributed by atoms with E-state index in [2.05, 4.69) is 50.0 Å². The third-order valence-electron chi connectivity index (χ3n) is 5.50. The van der Waals surface area contributed by atoms with E-state index < -0.39 is 0 Å². The van der Waals surface area contributed by atoms with Crippen LogP contribution < -0.4 is 15.4 Å². The molecule has 3 N–H and O–H groups in total. The molecule has 1 aromatic carbocycles. The second-order valence-electron chi connectivity index (χ2n) is 7.50. The Labute approximate surface area is 171 Å². The summed E-state index contributed by atoms with van der Waals surface area (Å²) in [7, 11) is 0. The van der Waals surface area contributed by atoms with Gasteiger partial charge in [0.1, 0.15) is 6.61 Å². The molecule has 1 aliphatic carbocycles. The number of thiazole rings is 1. The molecule has 1 aliphatic heterocycles. The van der Waals surface area contributed by atoms with Gasteiger partial charge in [0.05, 0.1) is 16.4 Å². The number of nitrogens with zero attached hydrogens (tertiary/aromatic N) is 3. The molecule has 8 heteroatoms. The minimum atomic E-state index is 0.240. The van der Waals surface area contributed by atoms with Crippen LogP contribution in [0.1, 0.15) is 16.1 Å². The zero-order chi connectivity index (χ0) is 19.4. The number of benzene rings is 1. The highest BCUT2D eigenvalue weighted by atomic mass is 32.1. The molecule has 0 bridgehead atoms. The molecule has 6 rings (SSSR count). The van der Waals surface area contributed by atoms with Crippen molar-refractivity contribution < 1.29 is 4.74 Å². The fraction of sp³-hybridized carbons (Fsp3) is 0.286. The van der Waals surface area contributed by atoms with Crippen molar-refractivity contribution in [1.29, 1.82) is 0 Å². The number of hydrogen-bond acceptors (Lipinski definition) is 7. The molecule has 0 saturated carbocycles. The van der Waals surface area contributed by atoms with Gasteiger partial charge in [-0.1, -0.05) is 12.1 Å². The van der Waals surface area contributed by atoms with Crippen LogP contribution in [0.25, 0.3) is 21.6 Å². The van der Waals surface area contributed by atoms with Crippen molar-refractivity contribution >= 4 is 33.9 Å². The summed E-state index contributed by atoms with van der Waals surface area (Å²) in [5.41, 5.74) is 3.92. The first-order valence-corrected chi connectivity index (χ1v) is 10.6. The molecule has 146 valence electrons. The van der Waals surface area contributed by atoms with E-state index in [0.717, 1.165) is 40.9 Å². The summed E-state index contributed by atoms with van der Waals surface area (Å²) in [6.45, 7) is 3.34. The Balaban J connectivity index is 1.37. The Hall–Kier alpha value is -3.13. The van der Waals surface area contributed by atoms with Crippen LogP contribution in [0, 0.1) is 6.92 Å². The van der Waals surface area contributed by atoms with Gasteiger partial charge in [0.2, 0.25) is 5.75 Å². The van der Waals surface area contributed by atoms with Crippen LogP contribution in [0.15, 0.2) is 30.6 Å². The van der Waals surface area contributed by atoms with E-state index in [1.807, 2.05) is 13.1 Å². The van der Waals surface area contributed by atoms with Crippen molar-refractivity contribution in [3.8, 4) is 16.5 Å². The van der Waals surface area contributed by atoms with Crippen molar-refractivity contribution in [2.45, 2.75) is 25.8 Å². The lowest BCUT2D eigenvalue weighted by Crippen LogP contribution is -2.29. The summed E-state index contributed by atoms with van der Waals surface area (Å²) in [5, 5.41) is 9.37. The Morgan fingerprint density at radius 2 is 2.14 bits per heavy atom. The number of hydrogen-bond donors (Lipinski definition) is 3. The Morgan fingerprint density at radius 3 is 3.03 bits per heavy atom. The summed E-state index contributed by atoms with van der Waals surface area (Å²) in [6, 6.07) is 6.71. The van der Waals surface area contributed by atoms with Crippen LogP contribution in [-0.2, 0) is 12.8 Å². The van der Waals surface area contributed by atoms with Gasteiger partial charge in [-0.25, -0.2) is 15.0 Å². The highest BCUT2D eigenvalue weighted by Gasteiger charge is 2.26. The highest BCUT2D eigenvalue weighted by Crippen LogP contribution is 2.38. The van der Waals surface area contributed by atoms with E-state index in [1.54, 1.807) is 11.3 Å². The van der Waals surface area contributed by atoms with Crippen LogP contribution >= 0.6 is 11.3 Å². The maximum atomic E-state index is 5.94. The van der Waals surface area contributed by atoms with Crippen molar-refractivity contribution in [2.75, 3.05) is 23.8 Å². The van der Waals surface area contributed by atoms with Gasteiger partial charge in [0.15, 0.2) is 17.5 Å². The quantitative estimate of drug-likeness (QED) is 0.482. The zero-order valence-electron chi connectivity index (χ0n) is 16.0. The number of rotatable bonds is 3. The molecular weight excluding hydrogens is 384 g/mol. The topological polar surface area (TPSA) is 87.8 Å². The third kappa shape index (κ3) is 2.82. The summed E-state index contributed by atoms with van der Waals surface area (Å²) >= 11 is 1.60. The number of aryl methyl sites for hydroxylation is 1. The van der Waals surface area contributed by atoms with Crippen LogP contribution in [0.4, 0.5) is 11.6 Å². The maximum absolute atomic E-state index is 5.94. The second kappa shape index (κ2) is 6.45. The molecule has 7 nitrogen and oxygen atoms in total. The van der Waals surface area contributed by atoms with Gasteiger partial charge in [-0.2, -0.15) is 0 Å². The second-order valence-corrected chi connectivity index (χ2v) is 8.73. The van der Waals surface area contributed by atoms with Crippen LogP contribution in [0.5, 0.6) is 5.75 Å². The van der Waals surface area contributed by atoms with Crippen LogP contribution in [0.2, 0.25) is 0 Å². The molecule has 29 heavy (non-hydrogen) atoms. The normalized spacial score (nSPS) is 17.5. The summed E-state index contributed by atoms with van der Waals surface area (Å²) in [6.07, 6.45) is 5.85. The van der Waals surface area contributed by atoms with Gasteiger partial charge < -0.3 is 20.4 Å². The van der Waals surface area contributed by atoms with Crippen molar-refractivity contribution in [3.05, 3.63) is 46.7 Å². The van der Waals surface area contributed by atoms with Gasteiger partial charge in [-0.05, 0) is 37.0 Å². The van der Waals surface area contributed by atoms with Gasteiger partial charge in [0, 0.05) is 29.3 Å². The van der Waals surface area contributed by atoms with Crippen molar-refractivity contribution in [2.24, 2.45) is 0 Å². The van der Waals surface area contributed by atoms with Crippen molar-refractivity contribution in [3.63, 3.8) is 0 Å². The van der Waals surface area contributed by atoms with E-state index in [-0.39, 0.29) is 6.04 Å². The monoisotopic (exact) mass is 404 g/mol. The van der Waals surface area contributed by atoms with Gasteiger partial charge in [0.25, 0.3) is 0 Å². The molecule has 0 unspecified atom stereocenters. The molecule has 4 aromatic rings. The first-order chi connectivity index (χ1) is 14.2. The largest absolute Gasteiger partial charge is 0.485 e. The number of anilines is 2. The predicted octanol–water partition coefficient (Wildman–Crippen LogP) is 3.77. The molecule has 4 heterocycles. The fourth-order valence-electron chi connectivity index (χ4n) is 4.27. The molecule has 1 atom stereocenters. The lowest BCUT2D eigenvalue weighted by molar-refractivity contribution is 0.321. The SMILES string of the molecule is Cc1ncc(-c2nc3c(c(N[C@H]4Cc5cccc6[nH]cc(c56)C4)n2)OCCN3)s1. The highest BCUT2D eigenvalue weighted by molar-refractivity contribution is 7.14. The summed E-state index contributed by atoms with van der Waals surface area (Å²) in [4.78, 5) is 18.2. The number of nitrogens with one attached hydrogen (secondary N) is 3. The summed E-state index contributed by atoms with van der Waals surface area (Å²) < 4.78 is 5.94. The average molecular weight is 404 g/mol. The van der Waals surface area contributed by atoms with E-state index in [0.29, 0.717) is 18.2 Å². The first kappa shape index (κ1) is 16.8. The molecule has 0 fully saturated rings. The molecule has 0 saturated heterocycles. The molecule has 0 spiro atoms. The lowest BCUT2D eigenvalue weighted by Gasteiger charge is -2.27. The number of fused-ring (bicyclic) bond motifs is 1. The van der Waals surface area contributed by atoms with E-state index in [1.165, 1.54) is 22.0 Å². The van der Waals surface area contributed by atoms with E-state index in [9.17, 15) is 0 Å². The fourth-order valence-corrected chi connectivity index (χ4v) is 4.98. The van der Waals surface area contributed by atoms with Gasteiger partial charge in [-0.15, -0.1) is 11.3 Å². The zero-order valence-corrected chi connectivity index (χ0v) is 16.8. The average Bonchev–Trinajstić information content (AvgIpc) is 3.36. The minimum Gasteiger partial charge on any atom is -0.485 e. The van der Waals surface area contributed by atoms with Crippen LogP contribution in [0.3, 0.4) is 0 Å². The molecule has 2 aliphatic rings. The third-order valence-corrected chi connectivity index (χ3v) is 6.40. The molecule has 0 amide bonds. The van der Waals surface area contributed by atoms with Gasteiger partial charge in [-0.3, -0.25) is 0 Å². The number of H-pyrrole nitrogens is 1. The number of ether oxygens (including phenoxy) is 1. The summed E-state index contributed by atoms with van der Waals surface area (Å²) in [5.74, 6) is 2.88. The first-order valence-electron chi connectivity index (χ1n) is 9.80. The Bertz CT molecular complexity index is 1230. The standard InChI is InChI=1S/C21H20N6OS/c1-11-23-10-16(29-11)19-26-20-18(28-6-5-22-20)21(27-19)25-14-7-12-3-2-4-15-17(12)13(8-14)9-24-15/h2-4,9-10,14,24H,5-8H2,1H3,(H2,22,25,26,27)/t14-/m0/s1. The number of aromatic amines is 1. The van der Waals surface area contributed by atoms with E-state index >= 15 is 0 Å². The maximum Gasteiger partial charge on any atom is 0.204 e. The minimum absolute atomic E-state index is 0.240.